The van der Waals surface area contributed by atoms with Gasteiger partial charge in [-0.15, -0.1) is 0 Å². The van der Waals surface area contributed by atoms with E-state index in [1.54, 1.807) is 23.1 Å². The van der Waals surface area contributed by atoms with Crippen molar-refractivity contribution in [1.29, 1.82) is 0 Å². The highest BCUT2D eigenvalue weighted by Gasteiger charge is 2.31. The molecular formula is C20H19F4N3O. The van der Waals surface area contributed by atoms with Crippen LogP contribution in [0.1, 0.15) is 17.5 Å². The fourth-order valence-corrected chi connectivity index (χ4v) is 2.99. The highest BCUT2D eigenvalue weighted by molar-refractivity contribution is 5.91. The van der Waals surface area contributed by atoms with E-state index in [1.807, 2.05) is 4.90 Å². The molecule has 2 aromatic rings. The Morgan fingerprint density at radius 2 is 1.89 bits per heavy atom. The molecule has 8 heteroatoms. The zero-order valence-corrected chi connectivity index (χ0v) is 15.0. The van der Waals surface area contributed by atoms with Gasteiger partial charge in [0.2, 0.25) is 5.91 Å². The Hall–Kier alpha value is -2.90. The minimum atomic E-state index is -4.42. The van der Waals surface area contributed by atoms with Gasteiger partial charge in [-0.05, 0) is 42.3 Å². The summed E-state index contributed by atoms with van der Waals surface area (Å²) in [5, 5.41) is 0. The van der Waals surface area contributed by atoms with Crippen LogP contribution in [-0.4, -0.2) is 42.0 Å². The Bertz CT molecular complexity index is 849. The highest BCUT2D eigenvalue weighted by Crippen LogP contribution is 2.29. The highest BCUT2D eigenvalue weighted by atomic mass is 19.4. The molecule has 3 rings (SSSR count). The van der Waals surface area contributed by atoms with E-state index in [0.29, 0.717) is 44.0 Å². The van der Waals surface area contributed by atoms with Crippen molar-refractivity contribution in [3.05, 3.63) is 65.6 Å². The van der Waals surface area contributed by atoms with Crippen molar-refractivity contribution in [1.82, 2.24) is 9.88 Å². The first kappa shape index (κ1) is 19.9. The number of pyridine rings is 1. The van der Waals surface area contributed by atoms with Crippen LogP contribution in [0.2, 0.25) is 0 Å². The van der Waals surface area contributed by atoms with Crippen molar-refractivity contribution in [3.63, 3.8) is 0 Å². The van der Waals surface area contributed by atoms with Crippen molar-refractivity contribution in [2.75, 3.05) is 31.1 Å². The molecule has 0 bridgehead atoms. The monoisotopic (exact) mass is 393 g/mol. The second-order valence-corrected chi connectivity index (χ2v) is 6.46. The fraction of sp³-hybridized carbons (Fsp3) is 0.300. The Balaban J connectivity index is 1.60. The Morgan fingerprint density at radius 1 is 1.07 bits per heavy atom. The minimum Gasteiger partial charge on any atom is -0.355 e. The van der Waals surface area contributed by atoms with Gasteiger partial charge in [0.15, 0.2) is 0 Å². The quantitative estimate of drug-likeness (QED) is 0.585. The number of benzene rings is 1. The number of aromatic nitrogens is 1. The number of nitrogens with zero attached hydrogens (tertiary/aromatic N) is 3. The standard InChI is InChI=1S/C20H19F4N3O/c21-17-4-1-3-15(13-17)5-8-19(28)27-10-2-9-26(11-12-27)18-7-6-16(14-25-18)20(22,23)24/h1,3-8,13-14H,2,9-12H2/b8-5+. The van der Waals surface area contributed by atoms with Crippen LogP contribution in [0.15, 0.2) is 48.7 Å². The summed E-state index contributed by atoms with van der Waals surface area (Å²) in [5.74, 6) is -0.104. The number of carbonyl (C=O) groups excluding carboxylic acids is 1. The second kappa shape index (κ2) is 8.41. The maximum Gasteiger partial charge on any atom is 0.417 e. The number of amides is 1. The molecule has 0 aliphatic carbocycles. The summed E-state index contributed by atoms with van der Waals surface area (Å²) in [6.45, 7) is 2.02. The van der Waals surface area contributed by atoms with E-state index in [2.05, 4.69) is 4.98 Å². The molecule has 148 valence electrons. The van der Waals surface area contributed by atoms with Crippen LogP contribution in [0, 0.1) is 5.82 Å². The number of alkyl halides is 3. The normalized spacial score (nSPS) is 15.7. The Morgan fingerprint density at radius 3 is 2.57 bits per heavy atom. The third-order valence-corrected chi connectivity index (χ3v) is 4.47. The van der Waals surface area contributed by atoms with E-state index in [9.17, 15) is 22.4 Å². The summed E-state index contributed by atoms with van der Waals surface area (Å²) in [6.07, 6.45) is 0.0426. The average molecular weight is 393 g/mol. The summed E-state index contributed by atoms with van der Waals surface area (Å²) in [7, 11) is 0. The van der Waals surface area contributed by atoms with Gasteiger partial charge in [-0.3, -0.25) is 4.79 Å². The first-order valence-electron chi connectivity index (χ1n) is 8.84. The molecule has 1 aliphatic rings. The lowest BCUT2D eigenvalue weighted by molar-refractivity contribution is -0.137. The Labute approximate surface area is 160 Å². The largest absolute Gasteiger partial charge is 0.417 e. The zero-order chi connectivity index (χ0) is 20.1. The summed E-state index contributed by atoms with van der Waals surface area (Å²) in [4.78, 5) is 19.8. The molecular weight excluding hydrogens is 374 g/mol. The zero-order valence-electron chi connectivity index (χ0n) is 15.0. The Kier molecular flexibility index (Phi) is 5.96. The van der Waals surface area contributed by atoms with Gasteiger partial charge in [0, 0.05) is 38.5 Å². The van der Waals surface area contributed by atoms with E-state index in [4.69, 9.17) is 0 Å². The van der Waals surface area contributed by atoms with E-state index in [-0.39, 0.29) is 11.7 Å². The maximum atomic E-state index is 13.2. The van der Waals surface area contributed by atoms with E-state index >= 15 is 0 Å². The molecule has 4 nitrogen and oxygen atoms in total. The molecule has 1 aromatic heterocycles. The smallest absolute Gasteiger partial charge is 0.355 e. The van der Waals surface area contributed by atoms with Crippen molar-refractivity contribution < 1.29 is 22.4 Å². The lowest BCUT2D eigenvalue weighted by Crippen LogP contribution is -2.34. The number of carbonyl (C=O) groups is 1. The molecule has 28 heavy (non-hydrogen) atoms. The average Bonchev–Trinajstić information content (AvgIpc) is 2.92. The predicted molar refractivity (Wildman–Crippen MR) is 98.1 cm³/mol. The molecule has 1 amide bonds. The molecule has 0 N–H and O–H groups in total. The number of halogens is 4. The van der Waals surface area contributed by atoms with E-state index < -0.39 is 11.7 Å². The van der Waals surface area contributed by atoms with Gasteiger partial charge in [0.25, 0.3) is 0 Å². The van der Waals surface area contributed by atoms with Crippen molar-refractivity contribution in [2.45, 2.75) is 12.6 Å². The maximum absolute atomic E-state index is 13.2. The second-order valence-electron chi connectivity index (χ2n) is 6.46. The fourth-order valence-electron chi connectivity index (χ4n) is 2.99. The van der Waals surface area contributed by atoms with Crippen LogP contribution in [0.4, 0.5) is 23.4 Å². The van der Waals surface area contributed by atoms with Gasteiger partial charge in [-0.1, -0.05) is 12.1 Å². The molecule has 1 saturated heterocycles. The molecule has 0 saturated carbocycles. The molecule has 0 radical (unpaired) electrons. The molecule has 1 aliphatic heterocycles. The van der Waals surface area contributed by atoms with Crippen LogP contribution < -0.4 is 4.90 Å². The first-order chi connectivity index (χ1) is 13.3. The number of hydrogen-bond donors (Lipinski definition) is 0. The third-order valence-electron chi connectivity index (χ3n) is 4.47. The van der Waals surface area contributed by atoms with Crippen LogP contribution in [0.3, 0.4) is 0 Å². The van der Waals surface area contributed by atoms with Crippen LogP contribution in [0.25, 0.3) is 6.08 Å². The summed E-state index contributed by atoms with van der Waals surface area (Å²) < 4.78 is 51.2. The predicted octanol–water partition coefficient (Wildman–Crippen LogP) is 3.99. The van der Waals surface area contributed by atoms with Crippen LogP contribution >= 0.6 is 0 Å². The van der Waals surface area contributed by atoms with Gasteiger partial charge in [0.05, 0.1) is 5.56 Å². The summed E-state index contributed by atoms with van der Waals surface area (Å²) in [6, 6.07) is 8.30. The van der Waals surface area contributed by atoms with Gasteiger partial charge < -0.3 is 9.80 Å². The summed E-state index contributed by atoms with van der Waals surface area (Å²) in [5.41, 5.74) is -0.191. The lowest BCUT2D eigenvalue weighted by Gasteiger charge is -2.22. The minimum absolute atomic E-state index is 0.188. The number of rotatable bonds is 3. The van der Waals surface area contributed by atoms with Gasteiger partial charge in [0.1, 0.15) is 11.6 Å². The van der Waals surface area contributed by atoms with Gasteiger partial charge >= 0.3 is 6.18 Å². The first-order valence-corrected chi connectivity index (χ1v) is 8.84. The van der Waals surface area contributed by atoms with Crippen molar-refractivity contribution in [3.8, 4) is 0 Å². The van der Waals surface area contributed by atoms with E-state index in [1.165, 1.54) is 24.3 Å². The van der Waals surface area contributed by atoms with Crippen LogP contribution in [-0.2, 0) is 11.0 Å². The number of anilines is 1. The summed E-state index contributed by atoms with van der Waals surface area (Å²) >= 11 is 0. The van der Waals surface area contributed by atoms with Gasteiger partial charge in [-0.25, -0.2) is 9.37 Å². The third kappa shape index (κ3) is 5.09. The lowest BCUT2D eigenvalue weighted by atomic mass is 10.2. The molecule has 1 fully saturated rings. The molecule has 2 heterocycles. The molecule has 1 aromatic carbocycles. The molecule has 0 unspecified atom stereocenters. The van der Waals surface area contributed by atoms with Crippen molar-refractivity contribution >= 4 is 17.8 Å². The SMILES string of the molecule is O=C(/C=C/c1cccc(F)c1)N1CCCN(c2ccc(C(F)(F)F)cn2)CC1. The topological polar surface area (TPSA) is 36.4 Å². The molecule has 0 spiro atoms. The van der Waals surface area contributed by atoms with Gasteiger partial charge in [-0.2, -0.15) is 13.2 Å². The van der Waals surface area contributed by atoms with E-state index in [0.717, 1.165) is 12.3 Å². The molecule has 0 atom stereocenters. The van der Waals surface area contributed by atoms with Crippen LogP contribution in [0.5, 0.6) is 0 Å². The van der Waals surface area contributed by atoms with Crippen molar-refractivity contribution in [2.24, 2.45) is 0 Å². The number of hydrogen-bond acceptors (Lipinski definition) is 3.